The number of carbonyl (C=O) groups is 1. The van der Waals surface area contributed by atoms with Crippen LogP contribution in [-0.2, 0) is 14.3 Å². The fourth-order valence-electron chi connectivity index (χ4n) is 4.47. The number of aryl methyl sites for hydroxylation is 1. The van der Waals surface area contributed by atoms with Crippen molar-refractivity contribution in [2.24, 2.45) is 4.99 Å². The Balaban J connectivity index is 1.67. The maximum atomic E-state index is 12.5. The molecule has 1 fully saturated rings. The van der Waals surface area contributed by atoms with Crippen molar-refractivity contribution < 1.29 is 14.3 Å². The van der Waals surface area contributed by atoms with Gasteiger partial charge in [-0.1, -0.05) is 18.2 Å². The molecule has 2 N–H and O–H groups in total. The van der Waals surface area contributed by atoms with E-state index in [1.165, 1.54) is 0 Å². The summed E-state index contributed by atoms with van der Waals surface area (Å²) in [6.45, 7) is 6.17. The summed E-state index contributed by atoms with van der Waals surface area (Å²) in [5.41, 5.74) is 3.15. The number of rotatable bonds is 9. The van der Waals surface area contributed by atoms with Gasteiger partial charge in [-0.3, -0.25) is 4.79 Å². The van der Waals surface area contributed by atoms with Gasteiger partial charge in [0.1, 0.15) is 5.82 Å². The Kier molecular flexibility index (Phi) is 9.14. The number of nitrogens with one attached hydrogen (secondary N) is 2. The molecule has 0 atom stereocenters. The predicted molar refractivity (Wildman–Crippen MR) is 132 cm³/mol. The third-order valence-corrected chi connectivity index (χ3v) is 6.35. The number of hydrogen-bond donors (Lipinski definition) is 2. The summed E-state index contributed by atoms with van der Waals surface area (Å²) >= 11 is 0. The van der Waals surface area contributed by atoms with E-state index >= 15 is 0 Å². The normalized spacial score (nSPS) is 22.3. The van der Waals surface area contributed by atoms with Gasteiger partial charge in [-0.05, 0) is 44.2 Å². The summed E-state index contributed by atoms with van der Waals surface area (Å²) in [7, 11) is 5.65. The molecule has 1 aromatic rings. The van der Waals surface area contributed by atoms with E-state index in [4.69, 9.17) is 14.5 Å². The van der Waals surface area contributed by atoms with Crippen LogP contribution >= 0.6 is 0 Å². The zero-order valence-corrected chi connectivity index (χ0v) is 20.7. The Bertz CT molecular complexity index is 861. The molecule has 0 radical (unpaired) electrons. The fourth-order valence-corrected chi connectivity index (χ4v) is 4.47. The van der Waals surface area contributed by atoms with Crippen LogP contribution in [0.25, 0.3) is 0 Å². The standard InChI is InChI=1S/C25H39N5O3/c1-18-8-6-7-9-23(18)30(19(2)31)17-20-16-29(4)25(28-24(20)26-3)27-21-10-12-22(13-11-21)33-15-14-32-5/h6-9,21-22,26H,10-17H2,1-5H3,(H,27,28). The van der Waals surface area contributed by atoms with Crippen molar-refractivity contribution in [1.82, 2.24) is 15.5 Å². The van der Waals surface area contributed by atoms with Crippen LogP contribution in [-0.4, -0.2) is 76.4 Å². The van der Waals surface area contributed by atoms with Crippen LogP contribution in [0.3, 0.4) is 0 Å². The first-order valence-corrected chi connectivity index (χ1v) is 11.8. The van der Waals surface area contributed by atoms with Gasteiger partial charge in [-0.25, -0.2) is 4.99 Å². The lowest BCUT2D eigenvalue weighted by Gasteiger charge is -2.35. The van der Waals surface area contributed by atoms with Gasteiger partial charge in [0.05, 0.1) is 31.9 Å². The molecule has 0 spiro atoms. The molecule has 0 aromatic heterocycles. The second-order valence-corrected chi connectivity index (χ2v) is 8.85. The van der Waals surface area contributed by atoms with Gasteiger partial charge in [0.15, 0.2) is 5.96 Å². The first-order chi connectivity index (χ1) is 15.9. The highest BCUT2D eigenvalue weighted by atomic mass is 16.5. The van der Waals surface area contributed by atoms with Gasteiger partial charge in [-0.15, -0.1) is 0 Å². The topological polar surface area (TPSA) is 78.4 Å². The number of aliphatic imine (C=N–C) groups is 1. The Morgan fingerprint density at radius 3 is 2.61 bits per heavy atom. The molecule has 8 heteroatoms. The number of anilines is 1. The Morgan fingerprint density at radius 1 is 1.24 bits per heavy atom. The van der Waals surface area contributed by atoms with Crippen molar-refractivity contribution in [3.05, 3.63) is 41.2 Å². The number of amides is 1. The van der Waals surface area contributed by atoms with Gasteiger partial charge >= 0.3 is 0 Å². The third-order valence-electron chi connectivity index (χ3n) is 6.35. The van der Waals surface area contributed by atoms with Gasteiger partial charge in [0.2, 0.25) is 5.91 Å². The quantitative estimate of drug-likeness (QED) is 0.555. The molecule has 2 aliphatic rings. The minimum atomic E-state index is 0.0267. The number of guanidine groups is 1. The van der Waals surface area contributed by atoms with Gasteiger partial charge in [-0.2, -0.15) is 0 Å². The molecule has 1 aliphatic heterocycles. The van der Waals surface area contributed by atoms with Gasteiger partial charge < -0.3 is 29.9 Å². The first-order valence-electron chi connectivity index (χ1n) is 11.8. The van der Waals surface area contributed by atoms with Crippen LogP contribution in [0, 0.1) is 6.92 Å². The van der Waals surface area contributed by atoms with Crippen LogP contribution in [0.4, 0.5) is 5.69 Å². The van der Waals surface area contributed by atoms with Crippen molar-refractivity contribution in [2.75, 3.05) is 52.4 Å². The molecule has 1 aromatic carbocycles. The molecule has 3 rings (SSSR count). The first kappa shape index (κ1) is 25.1. The SMILES string of the molecule is CNC1=C(CN(C(C)=O)c2ccccc2C)CN(C)C(=NC2CCC(OCCOC)CC2)N1. The van der Waals surface area contributed by atoms with Crippen LogP contribution in [0.2, 0.25) is 0 Å². The lowest BCUT2D eigenvalue weighted by molar-refractivity contribution is -0.116. The summed E-state index contributed by atoms with van der Waals surface area (Å²) < 4.78 is 11.0. The van der Waals surface area contributed by atoms with E-state index in [2.05, 4.69) is 15.5 Å². The lowest BCUT2D eigenvalue weighted by Crippen LogP contribution is -2.50. The summed E-state index contributed by atoms with van der Waals surface area (Å²) in [4.78, 5) is 21.5. The molecule has 1 saturated carbocycles. The van der Waals surface area contributed by atoms with E-state index < -0.39 is 0 Å². The minimum Gasteiger partial charge on any atom is -0.382 e. The summed E-state index contributed by atoms with van der Waals surface area (Å²) in [6, 6.07) is 8.29. The van der Waals surface area contributed by atoms with Gasteiger partial charge in [0, 0.05) is 45.9 Å². The lowest BCUT2D eigenvalue weighted by atomic mass is 9.93. The molecule has 0 unspecified atom stereocenters. The molecule has 1 aliphatic carbocycles. The average Bonchev–Trinajstić information content (AvgIpc) is 2.80. The molecular formula is C25H39N5O3. The Labute approximate surface area is 198 Å². The Morgan fingerprint density at radius 2 is 1.97 bits per heavy atom. The van der Waals surface area contributed by atoms with Crippen molar-refractivity contribution in [2.45, 2.75) is 51.7 Å². The van der Waals surface area contributed by atoms with E-state index in [0.717, 1.165) is 54.3 Å². The zero-order chi connectivity index (χ0) is 23.8. The van der Waals surface area contributed by atoms with Crippen LogP contribution in [0.1, 0.15) is 38.2 Å². The van der Waals surface area contributed by atoms with E-state index in [1.807, 2.05) is 50.2 Å². The molecule has 1 amide bonds. The smallest absolute Gasteiger partial charge is 0.224 e. The number of likely N-dealkylation sites (N-methyl/N-ethyl adjacent to an activating group) is 1. The van der Waals surface area contributed by atoms with Gasteiger partial charge in [0.25, 0.3) is 0 Å². The van der Waals surface area contributed by atoms with E-state index in [9.17, 15) is 4.79 Å². The Hall–Kier alpha value is -2.58. The molecular weight excluding hydrogens is 418 g/mol. The monoisotopic (exact) mass is 457 g/mol. The summed E-state index contributed by atoms with van der Waals surface area (Å²) in [5, 5.41) is 6.75. The summed E-state index contributed by atoms with van der Waals surface area (Å²) in [6.07, 6.45) is 4.41. The maximum Gasteiger partial charge on any atom is 0.224 e. The van der Waals surface area contributed by atoms with Crippen molar-refractivity contribution in [3.8, 4) is 0 Å². The van der Waals surface area contributed by atoms with E-state index in [0.29, 0.717) is 32.4 Å². The molecule has 0 bridgehead atoms. The minimum absolute atomic E-state index is 0.0267. The number of hydrogen-bond acceptors (Lipinski definition) is 5. The summed E-state index contributed by atoms with van der Waals surface area (Å²) in [5.74, 6) is 1.82. The molecule has 1 heterocycles. The zero-order valence-electron chi connectivity index (χ0n) is 20.7. The number of methoxy groups -OCH3 is 1. The molecule has 8 nitrogen and oxygen atoms in total. The second kappa shape index (κ2) is 12.0. The van der Waals surface area contributed by atoms with Crippen LogP contribution in [0.5, 0.6) is 0 Å². The van der Waals surface area contributed by atoms with Crippen LogP contribution in [0.15, 0.2) is 40.7 Å². The number of ether oxygens (including phenoxy) is 2. The average molecular weight is 458 g/mol. The number of benzene rings is 1. The van der Waals surface area contributed by atoms with Crippen molar-refractivity contribution in [1.29, 1.82) is 0 Å². The number of carbonyl (C=O) groups excluding carboxylic acids is 1. The number of para-hydroxylation sites is 1. The maximum absolute atomic E-state index is 12.5. The van der Waals surface area contributed by atoms with E-state index in [-0.39, 0.29) is 11.9 Å². The molecule has 182 valence electrons. The highest BCUT2D eigenvalue weighted by Gasteiger charge is 2.27. The highest BCUT2D eigenvalue weighted by Crippen LogP contribution is 2.25. The largest absolute Gasteiger partial charge is 0.382 e. The highest BCUT2D eigenvalue weighted by molar-refractivity contribution is 5.93. The van der Waals surface area contributed by atoms with E-state index in [1.54, 1.807) is 14.0 Å². The van der Waals surface area contributed by atoms with Crippen molar-refractivity contribution in [3.63, 3.8) is 0 Å². The molecule has 0 saturated heterocycles. The van der Waals surface area contributed by atoms with Crippen LogP contribution < -0.4 is 15.5 Å². The fraction of sp³-hybridized carbons (Fsp3) is 0.600. The predicted octanol–water partition coefficient (Wildman–Crippen LogP) is 2.64. The third kappa shape index (κ3) is 6.71. The molecule has 33 heavy (non-hydrogen) atoms. The van der Waals surface area contributed by atoms with Crippen molar-refractivity contribution >= 4 is 17.6 Å². The number of nitrogens with zero attached hydrogens (tertiary/aromatic N) is 3. The second-order valence-electron chi connectivity index (χ2n) is 8.85.